The Morgan fingerprint density at radius 2 is 2.19 bits per heavy atom. The zero-order valence-electron chi connectivity index (χ0n) is 12.9. The highest BCUT2D eigenvalue weighted by molar-refractivity contribution is 7.09. The molecule has 0 aliphatic carbocycles. The lowest BCUT2D eigenvalue weighted by Crippen LogP contribution is -2.19. The highest BCUT2D eigenvalue weighted by Crippen LogP contribution is 2.14. The first-order valence-electron chi connectivity index (χ1n) is 7.33. The molecule has 2 heterocycles. The number of rotatable bonds is 8. The van der Waals surface area contributed by atoms with E-state index in [1.54, 1.807) is 11.3 Å². The van der Waals surface area contributed by atoms with Crippen LogP contribution in [0, 0.1) is 12.8 Å². The van der Waals surface area contributed by atoms with Gasteiger partial charge in [0.05, 0.1) is 23.5 Å². The summed E-state index contributed by atoms with van der Waals surface area (Å²) in [4.78, 5) is 10.0. The number of hydrogen-bond donors (Lipinski definition) is 1. The van der Waals surface area contributed by atoms with Gasteiger partial charge in [-0.15, -0.1) is 11.3 Å². The Kier molecular flexibility index (Phi) is 6.14. The molecule has 0 fully saturated rings. The zero-order chi connectivity index (χ0) is 15.1. The van der Waals surface area contributed by atoms with E-state index in [9.17, 15) is 0 Å². The first kappa shape index (κ1) is 15.9. The van der Waals surface area contributed by atoms with Gasteiger partial charge in [0, 0.05) is 23.9 Å². The van der Waals surface area contributed by atoms with Crippen molar-refractivity contribution in [1.82, 2.24) is 15.3 Å². The molecule has 0 aliphatic heterocycles. The second kappa shape index (κ2) is 8.10. The van der Waals surface area contributed by atoms with Crippen molar-refractivity contribution in [3.05, 3.63) is 40.0 Å². The number of hydrogen-bond acceptors (Lipinski definition) is 5. The number of pyridine rings is 1. The summed E-state index contributed by atoms with van der Waals surface area (Å²) in [6.45, 7) is 8.84. The van der Waals surface area contributed by atoms with E-state index in [1.807, 2.05) is 30.6 Å². The zero-order valence-corrected chi connectivity index (χ0v) is 13.7. The third-order valence-corrected chi connectivity index (χ3v) is 4.06. The van der Waals surface area contributed by atoms with Crippen LogP contribution in [-0.2, 0) is 13.0 Å². The third-order valence-electron chi connectivity index (χ3n) is 3.06. The van der Waals surface area contributed by atoms with Gasteiger partial charge in [0.25, 0.3) is 0 Å². The van der Waals surface area contributed by atoms with Gasteiger partial charge >= 0.3 is 0 Å². The van der Waals surface area contributed by atoms with Gasteiger partial charge in [-0.3, -0.25) is 0 Å². The summed E-state index contributed by atoms with van der Waals surface area (Å²) in [5.74, 6) is 1.34. The van der Waals surface area contributed by atoms with Crippen LogP contribution in [0.25, 0.3) is 0 Å². The largest absolute Gasteiger partial charge is 0.477 e. The first-order chi connectivity index (χ1) is 10.1. The average molecular weight is 305 g/mol. The molecule has 0 aromatic carbocycles. The minimum Gasteiger partial charge on any atom is -0.477 e. The minimum atomic E-state index is 0.638. The van der Waals surface area contributed by atoms with Crippen LogP contribution in [0.1, 0.15) is 30.1 Å². The van der Waals surface area contributed by atoms with E-state index < -0.39 is 0 Å². The van der Waals surface area contributed by atoms with Crippen molar-refractivity contribution in [2.45, 2.75) is 33.7 Å². The van der Waals surface area contributed by atoms with E-state index in [1.165, 1.54) is 4.88 Å². The summed E-state index contributed by atoms with van der Waals surface area (Å²) >= 11 is 1.68. The van der Waals surface area contributed by atoms with Gasteiger partial charge in [0.1, 0.15) is 0 Å². The van der Waals surface area contributed by atoms with Gasteiger partial charge in [0.15, 0.2) is 0 Å². The predicted molar refractivity (Wildman–Crippen MR) is 86.8 cm³/mol. The lowest BCUT2D eigenvalue weighted by Gasteiger charge is -2.09. The van der Waals surface area contributed by atoms with Crippen LogP contribution >= 0.6 is 11.3 Å². The fourth-order valence-electron chi connectivity index (χ4n) is 1.94. The van der Waals surface area contributed by atoms with Crippen molar-refractivity contribution in [2.75, 3.05) is 13.2 Å². The fourth-order valence-corrected chi connectivity index (χ4v) is 2.70. The van der Waals surface area contributed by atoms with Crippen LogP contribution in [0.15, 0.2) is 23.7 Å². The van der Waals surface area contributed by atoms with Gasteiger partial charge in [-0.05, 0) is 25.5 Å². The van der Waals surface area contributed by atoms with Crippen molar-refractivity contribution in [2.24, 2.45) is 5.92 Å². The predicted octanol–water partition coefficient (Wildman–Crippen LogP) is 3.21. The summed E-state index contributed by atoms with van der Waals surface area (Å²) in [6, 6.07) is 5.92. The van der Waals surface area contributed by atoms with E-state index in [0.29, 0.717) is 18.4 Å². The van der Waals surface area contributed by atoms with Crippen molar-refractivity contribution in [3.8, 4) is 5.88 Å². The fraction of sp³-hybridized carbons (Fsp3) is 0.500. The summed E-state index contributed by atoms with van der Waals surface area (Å²) in [6.07, 6.45) is 0.883. The molecule has 4 nitrogen and oxygen atoms in total. The Balaban J connectivity index is 1.79. The normalized spacial score (nSPS) is 11.0. The maximum absolute atomic E-state index is 5.74. The molecule has 0 saturated carbocycles. The molecule has 0 amide bonds. The SMILES string of the molecule is Cc1ncsc1CCOc1cccc(CNCC(C)C)n1. The summed E-state index contributed by atoms with van der Waals surface area (Å²) in [5, 5.41) is 3.39. The number of nitrogens with one attached hydrogen (secondary N) is 1. The molecular formula is C16H23N3OS. The Bertz CT molecular complexity index is 554. The van der Waals surface area contributed by atoms with Crippen molar-refractivity contribution in [1.29, 1.82) is 0 Å². The number of aryl methyl sites for hydroxylation is 1. The minimum absolute atomic E-state index is 0.638. The van der Waals surface area contributed by atoms with Crippen LogP contribution in [-0.4, -0.2) is 23.1 Å². The quantitative estimate of drug-likeness (QED) is 0.813. The molecule has 2 aromatic heterocycles. The van der Waals surface area contributed by atoms with Gasteiger partial charge in [0.2, 0.25) is 5.88 Å². The number of thiazole rings is 1. The molecule has 21 heavy (non-hydrogen) atoms. The molecule has 0 saturated heterocycles. The Morgan fingerprint density at radius 3 is 2.90 bits per heavy atom. The molecular weight excluding hydrogens is 282 g/mol. The topological polar surface area (TPSA) is 47.0 Å². The Hall–Kier alpha value is -1.46. The number of nitrogens with zero attached hydrogens (tertiary/aromatic N) is 2. The first-order valence-corrected chi connectivity index (χ1v) is 8.21. The maximum atomic E-state index is 5.74. The van der Waals surface area contributed by atoms with Crippen LogP contribution in [0.4, 0.5) is 0 Å². The standard InChI is InChI=1S/C16H23N3OS/c1-12(2)9-17-10-14-5-4-6-16(19-14)20-8-7-15-13(3)18-11-21-15/h4-6,11-12,17H,7-10H2,1-3H3. The van der Waals surface area contributed by atoms with Crippen LogP contribution in [0.3, 0.4) is 0 Å². The van der Waals surface area contributed by atoms with E-state index in [0.717, 1.165) is 30.9 Å². The molecule has 2 aromatic rings. The highest BCUT2D eigenvalue weighted by Gasteiger charge is 2.03. The van der Waals surface area contributed by atoms with E-state index in [-0.39, 0.29) is 0 Å². The summed E-state index contributed by atoms with van der Waals surface area (Å²) < 4.78 is 5.74. The average Bonchev–Trinajstić information content (AvgIpc) is 2.85. The lowest BCUT2D eigenvalue weighted by molar-refractivity contribution is 0.309. The highest BCUT2D eigenvalue weighted by atomic mass is 32.1. The molecule has 0 bridgehead atoms. The Morgan fingerprint density at radius 1 is 1.33 bits per heavy atom. The van der Waals surface area contributed by atoms with Crippen LogP contribution in [0.2, 0.25) is 0 Å². The van der Waals surface area contributed by atoms with E-state index in [4.69, 9.17) is 4.74 Å². The van der Waals surface area contributed by atoms with E-state index in [2.05, 4.69) is 29.1 Å². The van der Waals surface area contributed by atoms with Crippen molar-refractivity contribution < 1.29 is 4.74 Å². The van der Waals surface area contributed by atoms with Crippen LogP contribution < -0.4 is 10.1 Å². The molecule has 1 N–H and O–H groups in total. The van der Waals surface area contributed by atoms with Crippen molar-refractivity contribution >= 4 is 11.3 Å². The van der Waals surface area contributed by atoms with Gasteiger partial charge < -0.3 is 10.1 Å². The number of ether oxygens (including phenoxy) is 1. The summed E-state index contributed by atoms with van der Waals surface area (Å²) in [5.41, 5.74) is 3.99. The lowest BCUT2D eigenvalue weighted by atomic mass is 10.2. The molecule has 0 spiro atoms. The van der Waals surface area contributed by atoms with Gasteiger partial charge in [-0.25, -0.2) is 9.97 Å². The second-order valence-corrected chi connectivity index (χ2v) is 6.39. The molecule has 0 radical (unpaired) electrons. The smallest absolute Gasteiger partial charge is 0.213 e. The molecule has 0 aliphatic rings. The van der Waals surface area contributed by atoms with Crippen molar-refractivity contribution in [3.63, 3.8) is 0 Å². The van der Waals surface area contributed by atoms with Crippen LogP contribution in [0.5, 0.6) is 5.88 Å². The maximum Gasteiger partial charge on any atom is 0.213 e. The molecule has 114 valence electrons. The third kappa shape index (κ3) is 5.44. The molecule has 0 atom stereocenters. The molecule has 5 heteroatoms. The molecule has 0 unspecified atom stereocenters. The summed E-state index contributed by atoms with van der Waals surface area (Å²) in [7, 11) is 0. The van der Waals surface area contributed by atoms with Gasteiger partial charge in [-0.2, -0.15) is 0 Å². The van der Waals surface area contributed by atoms with Gasteiger partial charge in [-0.1, -0.05) is 19.9 Å². The number of aromatic nitrogens is 2. The molecule has 2 rings (SSSR count). The van der Waals surface area contributed by atoms with E-state index >= 15 is 0 Å². The Labute approximate surface area is 130 Å². The monoisotopic (exact) mass is 305 g/mol. The second-order valence-electron chi connectivity index (χ2n) is 5.45.